The maximum absolute atomic E-state index is 12.0. The molecule has 2 N–H and O–H groups in total. The number of rotatable bonds is 4. The van der Waals surface area contributed by atoms with Crippen LogP contribution >= 0.6 is 0 Å². The number of hydrogen-bond donors (Lipinski definition) is 2. The van der Waals surface area contributed by atoms with Gasteiger partial charge in [0.05, 0.1) is 11.7 Å². The highest BCUT2D eigenvalue weighted by molar-refractivity contribution is 5.94. The van der Waals surface area contributed by atoms with Crippen molar-refractivity contribution in [2.45, 2.75) is 25.4 Å². The molecule has 0 aromatic carbocycles. The number of imidazole rings is 1. The monoisotopic (exact) mass is 259 g/mol. The van der Waals surface area contributed by atoms with Crippen LogP contribution in [-0.2, 0) is 0 Å². The molecule has 0 bridgehead atoms. The summed E-state index contributed by atoms with van der Waals surface area (Å²) in [7, 11) is 0. The predicted octanol–water partition coefficient (Wildman–Crippen LogP) is 1.23. The first-order chi connectivity index (χ1) is 9.24. The predicted molar refractivity (Wildman–Crippen MR) is 70.9 cm³/mol. The van der Waals surface area contributed by atoms with Gasteiger partial charge in [0.2, 0.25) is 0 Å². The SMILES string of the molecule is O=C(NCC(O)C1CCC1)c1ccc2nccn2c1. The number of carbonyl (C=O) groups is 1. The van der Waals surface area contributed by atoms with E-state index in [1.165, 1.54) is 6.42 Å². The number of fused-ring (bicyclic) bond motifs is 1. The van der Waals surface area contributed by atoms with Crippen LogP contribution in [-0.4, -0.2) is 33.0 Å². The van der Waals surface area contributed by atoms with Crippen molar-refractivity contribution in [1.29, 1.82) is 0 Å². The molecule has 5 heteroatoms. The topological polar surface area (TPSA) is 66.6 Å². The molecule has 1 atom stereocenters. The zero-order valence-electron chi connectivity index (χ0n) is 10.6. The fraction of sp³-hybridized carbons (Fsp3) is 0.429. The van der Waals surface area contributed by atoms with Crippen LogP contribution in [0.2, 0.25) is 0 Å². The number of aromatic nitrogens is 2. The third-order valence-electron chi connectivity index (χ3n) is 3.82. The smallest absolute Gasteiger partial charge is 0.252 e. The average Bonchev–Trinajstić information content (AvgIpc) is 2.80. The van der Waals surface area contributed by atoms with Crippen LogP contribution in [0.1, 0.15) is 29.6 Å². The van der Waals surface area contributed by atoms with Gasteiger partial charge in [-0.2, -0.15) is 0 Å². The summed E-state index contributed by atoms with van der Waals surface area (Å²) in [5.41, 5.74) is 1.39. The normalized spacial score (nSPS) is 17.1. The summed E-state index contributed by atoms with van der Waals surface area (Å²) in [6.45, 7) is 0.325. The van der Waals surface area contributed by atoms with E-state index >= 15 is 0 Å². The Kier molecular flexibility index (Phi) is 3.21. The summed E-state index contributed by atoms with van der Waals surface area (Å²) in [6.07, 6.45) is 8.14. The van der Waals surface area contributed by atoms with E-state index in [-0.39, 0.29) is 5.91 Å². The molecule has 1 saturated carbocycles. The molecule has 19 heavy (non-hydrogen) atoms. The van der Waals surface area contributed by atoms with Gasteiger partial charge in [-0.3, -0.25) is 4.79 Å². The molecular weight excluding hydrogens is 242 g/mol. The van der Waals surface area contributed by atoms with E-state index in [0.29, 0.717) is 18.0 Å². The lowest BCUT2D eigenvalue weighted by atomic mass is 9.81. The molecule has 0 aliphatic heterocycles. The lowest BCUT2D eigenvalue weighted by Gasteiger charge is -2.30. The van der Waals surface area contributed by atoms with Gasteiger partial charge in [0.25, 0.3) is 5.91 Å². The number of pyridine rings is 1. The number of amides is 1. The van der Waals surface area contributed by atoms with E-state index in [1.807, 2.05) is 0 Å². The summed E-state index contributed by atoms with van der Waals surface area (Å²) in [4.78, 5) is 16.1. The van der Waals surface area contributed by atoms with Crippen molar-refractivity contribution < 1.29 is 9.90 Å². The fourth-order valence-corrected chi connectivity index (χ4v) is 2.34. The van der Waals surface area contributed by atoms with E-state index in [9.17, 15) is 9.90 Å². The second-order valence-corrected chi connectivity index (χ2v) is 5.08. The highest BCUT2D eigenvalue weighted by atomic mass is 16.3. The fourth-order valence-electron chi connectivity index (χ4n) is 2.34. The number of nitrogens with one attached hydrogen (secondary N) is 1. The van der Waals surface area contributed by atoms with Crippen molar-refractivity contribution in [2.75, 3.05) is 6.54 Å². The van der Waals surface area contributed by atoms with Crippen molar-refractivity contribution in [3.05, 3.63) is 36.3 Å². The van der Waals surface area contributed by atoms with Gasteiger partial charge in [0.15, 0.2) is 0 Å². The van der Waals surface area contributed by atoms with Crippen LogP contribution in [0.5, 0.6) is 0 Å². The van der Waals surface area contributed by atoms with Gasteiger partial charge in [-0.1, -0.05) is 6.42 Å². The second-order valence-electron chi connectivity index (χ2n) is 5.08. The lowest BCUT2D eigenvalue weighted by molar-refractivity contribution is 0.0584. The number of aliphatic hydroxyl groups excluding tert-OH is 1. The Hall–Kier alpha value is -1.88. The van der Waals surface area contributed by atoms with Crippen LogP contribution in [0.3, 0.4) is 0 Å². The summed E-state index contributed by atoms with van der Waals surface area (Å²) < 4.78 is 1.80. The average molecular weight is 259 g/mol. The van der Waals surface area contributed by atoms with Crippen LogP contribution in [0.4, 0.5) is 0 Å². The number of nitrogens with zero attached hydrogens (tertiary/aromatic N) is 2. The molecule has 2 aromatic heterocycles. The summed E-state index contributed by atoms with van der Waals surface area (Å²) >= 11 is 0. The zero-order valence-corrected chi connectivity index (χ0v) is 10.6. The largest absolute Gasteiger partial charge is 0.391 e. The molecule has 0 spiro atoms. The molecule has 1 aliphatic rings. The Morgan fingerprint density at radius 1 is 1.53 bits per heavy atom. The van der Waals surface area contributed by atoms with E-state index in [4.69, 9.17) is 0 Å². The van der Waals surface area contributed by atoms with Gasteiger partial charge in [-0.25, -0.2) is 4.98 Å². The van der Waals surface area contributed by atoms with Gasteiger partial charge in [-0.05, 0) is 30.9 Å². The van der Waals surface area contributed by atoms with Gasteiger partial charge < -0.3 is 14.8 Å². The summed E-state index contributed by atoms with van der Waals surface area (Å²) in [5, 5.41) is 12.7. The standard InChI is InChI=1S/C14H17N3O2/c18-12(10-2-1-3-10)8-16-14(19)11-4-5-13-15-6-7-17(13)9-11/h4-7,9-10,12,18H,1-3,8H2,(H,16,19). The quantitative estimate of drug-likeness (QED) is 0.867. The molecule has 1 amide bonds. The van der Waals surface area contributed by atoms with E-state index in [1.54, 1.807) is 35.1 Å². The Balaban J connectivity index is 1.62. The Morgan fingerprint density at radius 2 is 2.37 bits per heavy atom. The highest BCUT2D eigenvalue weighted by Crippen LogP contribution is 2.29. The van der Waals surface area contributed by atoms with Crippen molar-refractivity contribution in [1.82, 2.24) is 14.7 Å². The first-order valence-electron chi connectivity index (χ1n) is 6.63. The first kappa shape index (κ1) is 12.2. The zero-order chi connectivity index (χ0) is 13.2. The van der Waals surface area contributed by atoms with Crippen molar-refractivity contribution >= 4 is 11.6 Å². The molecule has 5 nitrogen and oxygen atoms in total. The second kappa shape index (κ2) is 5.01. The van der Waals surface area contributed by atoms with Gasteiger partial charge in [0.1, 0.15) is 5.65 Å². The van der Waals surface area contributed by atoms with Crippen LogP contribution in [0.15, 0.2) is 30.7 Å². The molecule has 2 aromatic rings. The molecule has 1 aliphatic carbocycles. The van der Waals surface area contributed by atoms with Gasteiger partial charge in [-0.15, -0.1) is 0 Å². The molecular formula is C14H17N3O2. The first-order valence-corrected chi connectivity index (χ1v) is 6.63. The van der Waals surface area contributed by atoms with Crippen LogP contribution in [0.25, 0.3) is 5.65 Å². The van der Waals surface area contributed by atoms with E-state index < -0.39 is 6.10 Å². The van der Waals surface area contributed by atoms with Crippen molar-refractivity contribution in [3.8, 4) is 0 Å². The van der Waals surface area contributed by atoms with Crippen molar-refractivity contribution in [3.63, 3.8) is 0 Å². The molecule has 100 valence electrons. The third kappa shape index (κ3) is 2.46. The minimum Gasteiger partial charge on any atom is -0.391 e. The number of carbonyl (C=O) groups excluding carboxylic acids is 1. The van der Waals surface area contributed by atoms with Gasteiger partial charge in [0, 0.05) is 25.1 Å². The molecule has 1 unspecified atom stereocenters. The maximum atomic E-state index is 12.0. The van der Waals surface area contributed by atoms with E-state index in [0.717, 1.165) is 18.5 Å². The Bertz CT molecular complexity index is 589. The van der Waals surface area contributed by atoms with Crippen molar-refractivity contribution in [2.24, 2.45) is 5.92 Å². The summed E-state index contributed by atoms with van der Waals surface area (Å²) in [6, 6.07) is 3.55. The Labute approximate surface area is 111 Å². The maximum Gasteiger partial charge on any atom is 0.252 e. The number of hydrogen-bond acceptors (Lipinski definition) is 3. The van der Waals surface area contributed by atoms with Crippen LogP contribution < -0.4 is 5.32 Å². The molecule has 0 radical (unpaired) electrons. The Morgan fingerprint density at radius 3 is 3.11 bits per heavy atom. The minimum atomic E-state index is -0.422. The van der Waals surface area contributed by atoms with E-state index in [2.05, 4.69) is 10.3 Å². The highest BCUT2D eigenvalue weighted by Gasteiger charge is 2.25. The molecule has 1 fully saturated rings. The lowest BCUT2D eigenvalue weighted by Crippen LogP contribution is -2.38. The van der Waals surface area contributed by atoms with Crippen LogP contribution in [0, 0.1) is 5.92 Å². The molecule has 0 saturated heterocycles. The summed E-state index contributed by atoms with van der Waals surface area (Å²) in [5.74, 6) is 0.199. The number of aliphatic hydroxyl groups is 1. The molecule has 2 heterocycles. The minimum absolute atomic E-state index is 0.158. The molecule has 3 rings (SSSR count). The van der Waals surface area contributed by atoms with Gasteiger partial charge >= 0.3 is 0 Å². The third-order valence-corrected chi connectivity index (χ3v) is 3.82.